The average molecular weight is 302 g/mol. The fourth-order valence-corrected chi connectivity index (χ4v) is 2.35. The molecule has 1 atom stereocenters. The van der Waals surface area contributed by atoms with Crippen molar-refractivity contribution in [3.05, 3.63) is 29.8 Å². The Balaban J connectivity index is 2.32. The molecule has 1 rings (SSSR count). The number of rotatable bonds is 9. The number of unbranched alkanes of at least 4 members (excludes halogenated alkanes) is 1. The van der Waals surface area contributed by atoms with Gasteiger partial charge in [-0.1, -0.05) is 18.2 Å². The zero-order valence-electron chi connectivity index (χ0n) is 13.8. The Morgan fingerprint density at radius 1 is 1.27 bits per heavy atom. The lowest BCUT2D eigenvalue weighted by Crippen LogP contribution is -2.35. The monoisotopic (exact) mass is 302 g/mol. The van der Waals surface area contributed by atoms with Gasteiger partial charge in [-0.25, -0.2) is 0 Å². The predicted molar refractivity (Wildman–Crippen MR) is 87.6 cm³/mol. The van der Waals surface area contributed by atoms with Crippen molar-refractivity contribution in [3.8, 4) is 11.8 Å². The van der Waals surface area contributed by atoms with E-state index in [1.165, 1.54) is 0 Å². The van der Waals surface area contributed by atoms with Crippen LogP contribution < -0.4 is 4.74 Å². The summed E-state index contributed by atoms with van der Waals surface area (Å²) in [6.45, 7) is 7.82. The van der Waals surface area contributed by atoms with Gasteiger partial charge in [0.05, 0.1) is 12.7 Å². The van der Waals surface area contributed by atoms with E-state index >= 15 is 0 Å². The zero-order chi connectivity index (χ0) is 16.4. The zero-order valence-corrected chi connectivity index (χ0v) is 13.8. The molecule has 22 heavy (non-hydrogen) atoms. The van der Waals surface area contributed by atoms with Gasteiger partial charge in [0.15, 0.2) is 0 Å². The van der Waals surface area contributed by atoms with Crippen LogP contribution in [0.2, 0.25) is 0 Å². The number of nitrogens with zero attached hydrogens (tertiary/aromatic N) is 2. The molecule has 0 heterocycles. The minimum absolute atomic E-state index is 0.0488. The highest BCUT2D eigenvalue weighted by atomic mass is 16.5. The maximum atomic E-state index is 12.1. The molecule has 4 heteroatoms. The number of hydrogen-bond donors (Lipinski definition) is 0. The van der Waals surface area contributed by atoms with E-state index < -0.39 is 5.92 Å². The first-order valence-electron chi connectivity index (χ1n) is 8.00. The molecular weight excluding hydrogens is 276 g/mol. The number of hydrogen-bond acceptors (Lipinski definition) is 3. The third-order valence-electron chi connectivity index (χ3n) is 3.77. The molecule has 0 saturated heterocycles. The maximum absolute atomic E-state index is 12.1. The summed E-state index contributed by atoms with van der Waals surface area (Å²) in [5.74, 6) is 0.323. The molecule has 0 spiro atoms. The van der Waals surface area contributed by atoms with Gasteiger partial charge < -0.3 is 9.64 Å². The van der Waals surface area contributed by atoms with Crippen molar-refractivity contribution in [2.24, 2.45) is 5.92 Å². The van der Waals surface area contributed by atoms with Gasteiger partial charge in [0.2, 0.25) is 5.91 Å². The van der Waals surface area contributed by atoms with Crippen molar-refractivity contribution in [2.75, 3.05) is 19.7 Å². The van der Waals surface area contributed by atoms with Crippen molar-refractivity contribution in [2.45, 2.75) is 40.0 Å². The molecule has 0 aliphatic heterocycles. The Labute approximate surface area is 133 Å². The van der Waals surface area contributed by atoms with E-state index in [-0.39, 0.29) is 5.91 Å². The Morgan fingerprint density at radius 2 is 1.95 bits per heavy atom. The van der Waals surface area contributed by atoms with Gasteiger partial charge in [0.1, 0.15) is 11.7 Å². The average Bonchev–Trinajstić information content (AvgIpc) is 2.53. The first-order valence-corrected chi connectivity index (χ1v) is 8.00. The SMILES string of the molecule is CCN(CC)C(=O)C(C#N)CCCCOc1ccccc1C. The third-order valence-corrected chi connectivity index (χ3v) is 3.77. The standard InChI is InChI=1S/C18H26N2O2/c1-4-20(5-2)18(21)16(14-19)11-8-9-13-22-17-12-7-6-10-15(17)3/h6-7,10,12,16H,4-5,8-9,11,13H2,1-3H3. The summed E-state index contributed by atoms with van der Waals surface area (Å²) in [5.41, 5.74) is 1.12. The van der Waals surface area contributed by atoms with E-state index in [0.717, 1.165) is 24.2 Å². The van der Waals surface area contributed by atoms with Gasteiger partial charge in [-0.2, -0.15) is 5.26 Å². The van der Waals surface area contributed by atoms with Crippen LogP contribution in [-0.4, -0.2) is 30.5 Å². The Kier molecular flexibility index (Phi) is 8.06. The molecule has 0 aliphatic carbocycles. The predicted octanol–water partition coefficient (Wildman–Crippen LogP) is 3.55. The van der Waals surface area contributed by atoms with Gasteiger partial charge in [0.25, 0.3) is 0 Å². The highest BCUT2D eigenvalue weighted by Crippen LogP contribution is 2.17. The van der Waals surface area contributed by atoms with E-state index in [4.69, 9.17) is 4.74 Å². The molecule has 0 fully saturated rings. The quantitative estimate of drug-likeness (QED) is 0.655. The second-order valence-electron chi connectivity index (χ2n) is 5.30. The second kappa shape index (κ2) is 9.83. The molecule has 0 saturated carbocycles. The summed E-state index contributed by atoms with van der Waals surface area (Å²) in [6, 6.07) is 10.0. The smallest absolute Gasteiger partial charge is 0.239 e. The fraction of sp³-hybridized carbons (Fsp3) is 0.556. The van der Waals surface area contributed by atoms with Crippen molar-refractivity contribution in [1.82, 2.24) is 4.90 Å². The number of benzene rings is 1. The lowest BCUT2D eigenvalue weighted by atomic mass is 10.0. The molecule has 0 N–H and O–H groups in total. The Hall–Kier alpha value is -2.02. The number of amides is 1. The number of para-hydroxylation sites is 1. The first kappa shape index (κ1) is 18.0. The molecule has 4 nitrogen and oxygen atoms in total. The summed E-state index contributed by atoms with van der Waals surface area (Å²) >= 11 is 0. The first-order chi connectivity index (χ1) is 10.6. The van der Waals surface area contributed by atoms with Crippen LogP contribution in [0, 0.1) is 24.2 Å². The van der Waals surface area contributed by atoms with Crippen LogP contribution in [0.1, 0.15) is 38.7 Å². The highest BCUT2D eigenvalue weighted by Gasteiger charge is 2.21. The molecule has 1 amide bonds. The summed E-state index contributed by atoms with van der Waals surface area (Å²) in [7, 11) is 0. The van der Waals surface area contributed by atoms with Gasteiger partial charge in [-0.3, -0.25) is 4.79 Å². The minimum Gasteiger partial charge on any atom is -0.493 e. The normalized spacial score (nSPS) is 11.5. The Bertz CT molecular complexity index is 504. The largest absolute Gasteiger partial charge is 0.493 e. The number of carbonyl (C=O) groups excluding carboxylic acids is 1. The molecule has 0 radical (unpaired) electrons. The molecule has 1 aromatic rings. The van der Waals surface area contributed by atoms with Gasteiger partial charge >= 0.3 is 0 Å². The second-order valence-corrected chi connectivity index (χ2v) is 5.30. The van der Waals surface area contributed by atoms with E-state index in [0.29, 0.717) is 26.1 Å². The van der Waals surface area contributed by atoms with Crippen LogP contribution in [0.5, 0.6) is 5.75 Å². The minimum atomic E-state index is -0.529. The van der Waals surface area contributed by atoms with Gasteiger partial charge in [0, 0.05) is 13.1 Å². The van der Waals surface area contributed by atoms with Crippen molar-refractivity contribution in [3.63, 3.8) is 0 Å². The van der Waals surface area contributed by atoms with Crippen LogP contribution in [0.15, 0.2) is 24.3 Å². The molecule has 0 aliphatic rings. The number of ether oxygens (including phenoxy) is 1. The fourth-order valence-electron chi connectivity index (χ4n) is 2.35. The van der Waals surface area contributed by atoms with Gasteiger partial charge in [-0.05, 0) is 51.7 Å². The number of carbonyl (C=O) groups is 1. The van der Waals surface area contributed by atoms with Crippen LogP contribution in [0.4, 0.5) is 0 Å². The van der Waals surface area contributed by atoms with Crippen LogP contribution in [0.25, 0.3) is 0 Å². The molecule has 0 aromatic heterocycles. The van der Waals surface area contributed by atoms with Crippen molar-refractivity contribution in [1.29, 1.82) is 5.26 Å². The van der Waals surface area contributed by atoms with Crippen LogP contribution in [-0.2, 0) is 4.79 Å². The summed E-state index contributed by atoms with van der Waals surface area (Å²) in [6.07, 6.45) is 2.26. The molecular formula is C18H26N2O2. The van der Waals surface area contributed by atoms with E-state index in [1.54, 1.807) is 4.90 Å². The third kappa shape index (κ3) is 5.40. The topological polar surface area (TPSA) is 53.3 Å². The number of nitriles is 1. The van der Waals surface area contributed by atoms with E-state index in [9.17, 15) is 10.1 Å². The lowest BCUT2D eigenvalue weighted by Gasteiger charge is -2.21. The molecule has 1 unspecified atom stereocenters. The van der Waals surface area contributed by atoms with Crippen LogP contribution >= 0.6 is 0 Å². The van der Waals surface area contributed by atoms with E-state index in [1.807, 2.05) is 45.0 Å². The lowest BCUT2D eigenvalue weighted by molar-refractivity contribution is -0.133. The molecule has 120 valence electrons. The summed E-state index contributed by atoms with van der Waals surface area (Å²) in [4.78, 5) is 13.9. The number of aryl methyl sites for hydroxylation is 1. The Morgan fingerprint density at radius 3 is 2.55 bits per heavy atom. The molecule has 0 bridgehead atoms. The van der Waals surface area contributed by atoms with Crippen molar-refractivity contribution < 1.29 is 9.53 Å². The van der Waals surface area contributed by atoms with Crippen LogP contribution in [0.3, 0.4) is 0 Å². The summed E-state index contributed by atoms with van der Waals surface area (Å²) < 4.78 is 5.72. The van der Waals surface area contributed by atoms with E-state index in [2.05, 4.69) is 6.07 Å². The van der Waals surface area contributed by atoms with Gasteiger partial charge in [-0.15, -0.1) is 0 Å². The highest BCUT2D eigenvalue weighted by molar-refractivity contribution is 5.81. The molecule has 1 aromatic carbocycles. The van der Waals surface area contributed by atoms with Crippen molar-refractivity contribution >= 4 is 5.91 Å². The maximum Gasteiger partial charge on any atom is 0.239 e. The summed E-state index contributed by atoms with van der Waals surface area (Å²) in [5, 5.41) is 9.18.